The lowest BCUT2D eigenvalue weighted by molar-refractivity contribution is 0.184. The molecular weight excluding hydrogens is 252 g/mol. The first-order valence-electron chi connectivity index (χ1n) is 7.83. The van der Waals surface area contributed by atoms with Crippen LogP contribution in [-0.2, 0) is 5.54 Å². The molecule has 1 heterocycles. The van der Waals surface area contributed by atoms with Crippen LogP contribution < -0.4 is 5.32 Å². The molecule has 2 atom stereocenters. The quantitative estimate of drug-likeness (QED) is 0.881. The molecule has 2 saturated carbocycles. The van der Waals surface area contributed by atoms with Gasteiger partial charge in [0.1, 0.15) is 5.01 Å². The van der Waals surface area contributed by atoms with E-state index < -0.39 is 0 Å². The van der Waals surface area contributed by atoms with Crippen LogP contribution in [0.15, 0.2) is 5.38 Å². The Hall–Kier alpha value is -0.410. The highest BCUT2D eigenvalue weighted by Gasteiger charge is 2.42. The van der Waals surface area contributed by atoms with E-state index in [2.05, 4.69) is 31.5 Å². The molecule has 106 valence electrons. The number of nitrogens with zero attached hydrogens (tertiary/aromatic N) is 1. The lowest BCUT2D eigenvalue weighted by Gasteiger charge is -2.39. The highest BCUT2D eigenvalue weighted by molar-refractivity contribution is 7.09. The Morgan fingerprint density at radius 3 is 2.74 bits per heavy atom. The van der Waals surface area contributed by atoms with Crippen molar-refractivity contribution in [2.75, 3.05) is 0 Å². The van der Waals surface area contributed by atoms with Crippen LogP contribution in [0.1, 0.15) is 75.9 Å². The van der Waals surface area contributed by atoms with E-state index in [-0.39, 0.29) is 5.54 Å². The van der Waals surface area contributed by atoms with Crippen LogP contribution in [0, 0.1) is 5.92 Å². The highest BCUT2D eigenvalue weighted by atomic mass is 32.1. The van der Waals surface area contributed by atoms with Crippen molar-refractivity contribution in [2.24, 2.45) is 5.92 Å². The van der Waals surface area contributed by atoms with Gasteiger partial charge in [0.15, 0.2) is 0 Å². The first kappa shape index (κ1) is 13.6. The van der Waals surface area contributed by atoms with Crippen molar-refractivity contribution in [3.63, 3.8) is 0 Å². The lowest BCUT2D eigenvalue weighted by Crippen LogP contribution is -2.46. The van der Waals surface area contributed by atoms with Crippen LogP contribution in [0.2, 0.25) is 0 Å². The molecular formula is C16H26N2S. The fourth-order valence-corrected chi connectivity index (χ4v) is 4.51. The fraction of sp³-hybridized carbons (Fsp3) is 0.812. The molecule has 0 aromatic carbocycles. The third-order valence-electron chi connectivity index (χ3n) is 4.58. The van der Waals surface area contributed by atoms with Gasteiger partial charge >= 0.3 is 0 Å². The summed E-state index contributed by atoms with van der Waals surface area (Å²) < 4.78 is 0. The van der Waals surface area contributed by atoms with Crippen LogP contribution in [0.3, 0.4) is 0 Å². The molecule has 19 heavy (non-hydrogen) atoms. The summed E-state index contributed by atoms with van der Waals surface area (Å²) in [5, 5.41) is 7.58. The van der Waals surface area contributed by atoms with Gasteiger partial charge < -0.3 is 5.32 Å². The van der Waals surface area contributed by atoms with Gasteiger partial charge in [-0.25, -0.2) is 4.98 Å². The summed E-state index contributed by atoms with van der Waals surface area (Å²) >= 11 is 1.88. The second-order valence-corrected chi connectivity index (χ2v) is 7.79. The lowest BCUT2D eigenvalue weighted by atomic mass is 9.76. The van der Waals surface area contributed by atoms with E-state index in [0.29, 0.717) is 5.92 Å². The third-order valence-corrected chi connectivity index (χ3v) is 5.64. The summed E-state index contributed by atoms with van der Waals surface area (Å²) in [6.07, 6.45) is 8.00. The minimum absolute atomic E-state index is 0.191. The monoisotopic (exact) mass is 278 g/mol. The molecule has 0 aliphatic heterocycles. The Kier molecular flexibility index (Phi) is 3.69. The molecule has 0 radical (unpaired) electrons. The molecule has 2 aliphatic carbocycles. The van der Waals surface area contributed by atoms with Gasteiger partial charge in [0, 0.05) is 11.4 Å². The Balaban J connectivity index is 1.87. The summed E-state index contributed by atoms with van der Waals surface area (Å²) in [6, 6.07) is 0.761. The molecule has 3 heteroatoms. The molecule has 2 unspecified atom stereocenters. The van der Waals surface area contributed by atoms with Crippen molar-refractivity contribution >= 4 is 11.3 Å². The summed E-state index contributed by atoms with van der Waals surface area (Å²) in [4.78, 5) is 4.98. The van der Waals surface area contributed by atoms with E-state index in [1.165, 1.54) is 49.2 Å². The minimum atomic E-state index is 0.191. The number of nitrogens with one attached hydrogen (secondary N) is 1. The fourth-order valence-electron chi connectivity index (χ4n) is 3.33. The SMILES string of the molecule is CC1CCCC(NC2CC2)(c2nc(C(C)C)cs2)C1. The molecule has 0 saturated heterocycles. The Labute approximate surface area is 121 Å². The van der Waals surface area contributed by atoms with Gasteiger partial charge in [-0.1, -0.05) is 33.6 Å². The van der Waals surface area contributed by atoms with Crippen LogP contribution in [-0.4, -0.2) is 11.0 Å². The first-order chi connectivity index (χ1) is 9.09. The van der Waals surface area contributed by atoms with Gasteiger partial charge in [0.2, 0.25) is 0 Å². The van der Waals surface area contributed by atoms with Gasteiger partial charge in [0.05, 0.1) is 11.2 Å². The van der Waals surface area contributed by atoms with Crippen molar-refractivity contribution in [3.05, 3.63) is 16.1 Å². The van der Waals surface area contributed by atoms with E-state index >= 15 is 0 Å². The van der Waals surface area contributed by atoms with Crippen molar-refractivity contribution in [2.45, 2.75) is 76.8 Å². The highest BCUT2D eigenvalue weighted by Crippen LogP contribution is 2.43. The van der Waals surface area contributed by atoms with Crippen molar-refractivity contribution in [1.29, 1.82) is 0 Å². The normalized spacial score (nSPS) is 31.9. The molecule has 2 aliphatic rings. The number of thiazole rings is 1. The average molecular weight is 278 g/mol. The first-order valence-corrected chi connectivity index (χ1v) is 8.70. The third kappa shape index (κ3) is 2.87. The van der Waals surface area contributed by atoms with Gasteiger partial charge in [-0.15, -0.1) is 11.3 Å². The molecule has 1 aromatic heterocycles. The summed E-state index contributed by atoms with van der Waals surface area (Å²) in [6.45, 7) is 6.88. The van der Waals surface area contributed by atoms with Crippen molar-refractivity contribution < 1.29 is 0 Å². The molecule has 0 spiro atoms. The molecule has 0 bridgehead atoms. The Morgan fingerprint density at radius 1 is 1.37 bits per heavy atom. The van der Waals surface area contributed by atoms with Crippen molar-refractivity contribution in [1.82, 2.24) is 10.3 Å². The van der Waals surface area contributed by atoms with E-state index in [1.54, 1.807) is 0 Å². The standard InChI is InChI=1S/C16H26N2S/c1-11(2)14-10-19-15(17-14)16(18-13-6-7-13)8-4-5-12(3)9-16/h10-13,18H,4-9H2,1-3H3. The maximum absolute atomic E-state index is 4.98. The predicted molar refractivity (Wildman–Crippen MR) is 81.7 cm³/mol. The van der Waals surface area contributed by atoms with E-state index in [1.807, 2.05) is 11.3 Å². The van der Waals surface area contributed by atoms with E-state index in [0.717, 1.165) is 12.0 Å². The number of hydrogen-bond acceptors (Lipinski definition) is 3. The zero-order valence-electron chi connectivity index (χ0n) is 12.4. The topological polar surface area (TPSA) is 24.9 Å². The van der Waals surface area contributed by atoms with Gasteiger partial charge in [0.25, 0.3) is 0 Å². The average Bonchev–Trinajstić information content (AvgIpc) is 3.01. The summed E-state index contributed by atoms with van der Waals surface area (Å²) in [5.41, 5.74) is 1.46. The second kappa shape index (κ2) is 5.17. The van der Waals surface area contributed by atoms with Crippen LogP contribution in [0.25, 0.3) is 0 Å². The minimum Gasteiger partial charge on any atom is -0.303 e. The van der Waals surface area contributed by atoms with Gasteiger partial charge in [-0.05, 0) is 37.5 Å². The molecule has 0 amide bonds. The van der Waals surface area contributed by atoms with Gasteiger partial charge in [-0.2, -0.15) is 0 Å². The molecule has 1 aromatic rings. The van der Waals surface area contributed by atoms with E-state index in [4.69, 9.17) is 4.98 Å². The Morgan fingerprint density at radius 2 is 2.16 bits per heavy atom. The number of aromatic nitrogens is 1. The second-order valence-electron chi connectivity index (χ2n) is 6.93. The van der Waals surface area contributed by atoms with Gasteiger partial charge in [-0.3, -0.25) is 0 Å². The number of rotatable bonds is 4. The van der Waals surface area contributed by atoms with Crippen molar-refractivity contribution in [3.8, 4) is 0 Å². The zero-order valence-corrected chi connectivity index (χ0v) is 13.2. The predicted octanol–water partition coefficient (Wildman–Crippen LogP) is 4.42. The zero-order chi connectivity index (χ0) is 13.5. The van der Waals surface area contributed by atoms with Crippen LogP contribution in [0.5, 0.6) is 0 Å². The smallest absolute Gasteiger partial charge is 0.113 e. The molecule has 3 rings (SSSR count). The van der Waals surface area contributed by atoms with Crippen LogP contribution >= 0.6 is 11.3 Å². The Bertz CT molecular complexity index is 432. The maximum Gasteiger partial charge on any atom is 0.113 e. The summed E-state index contributed by atoms with van der Waals surface area (Å²) in [5.74, 6) is 1.37. The molecule has 2 fully saturated rings. The number of hydrogen-bond donors (Lipinski definition) is 1. The maximum atomic E-state index is 4.98. The molecule has 1 N–H and O–H groups in total. The van der Waals surface area contributed by atoms with Crippen LogP contribution in [0.4, 0.5) is 0 Å². The van der Waals surface area contributed by atoms with E-state index in [9.17, 15) is 0 Å². The summed E-state index contributed by atoms with van der Waals surface area (Å²) in [7, 11) is 0. The largest absolute Gasteiger partial charge is 0.303 e. The molecule has 2 nitrogen and oxygen atoms in total.